The Morgan fingerprint density at radius 3 is 2.78 bits per heavy atom. The van der Waals surface area contributed by atoms with Crippen LogP contribution in [0.5, 0.6) is 0 Å². The Balaban J connectivity index is 2.08. The van der Waals surface area contributed by atoms with E-state index in [0.717, 1.165) is 5.69 Å². The normalized spacial score (nSPS) is 10.1. The highest BCUT2D eigenvalue weighted by Gasteiger charge is 2.16. The van der Waals surface area contributed by atoms with Gasteiger partial charge in [-0.15, -0.1) is 0 Å². The number of carbonyl (C=O) groups is 1. The van der Waals surface area contributed by atoms with E-state index < -0.39 is 0 Å². The summed E-state index contributed by atoms with van der Waals surface area (Å²) < 4.78 is 0. The van der Waals surface area contributed by atoms with E-state index in [1.807, 2.05) is 30.3 Å². The van der Waals surface area contributed by atoms with Crippen LogP contribution in [-0.2, 0) is 4.79 Å². The van der Waals surface area contributed by atoms with Crippen molar-refractivity contribution in [3.63, 3.8) is 0 Å². The maximum atomic E-state index is 12.5. The molecule has 1 N–H and O–H groups in total. The number of thioether (sulfide) groups is 1. The zero-order valence-electron chi connectivity index (χ0n) is 12.7. The summed E-state index contributed by atoms with van der Waals surface area (Å²) in [6, 6.07) is 12.7. The average molecular weight is 328 g/mol. The molecule has 23 heavy (non-hydrogen) atoms. The molecule has 0 saturated carbocycles. The van der Waals surface area contributed by atoms with Gasteiger partial charge in [-0.05, 0) is 19.1 Å². The van der Waals surface area contributed by atoms with Crippen LogP contribution >= 0.6 is 11.8 Å². The summed E-state index contributed by atoms with van der Waals surface area (Å²) in [5, 5.41) is 9.18. The van der Waals surface area contributed by atoms with Gasteiger partial charge >= 0.3 is 0 Å². The first-order valence-corrected chi connectivity index (χ1v) is 8.02. The molecule has 0 fully saturated rings. The smallest absolute Gasteiger partial charge is 0.251 e. The molecule has 6 nitrogen and oxygen atoms in total. The number of hydrogen-bond acceptors (Lipinski definition) is 5. The maximum absolute atomic E-state index is 12.5. The molecular weight excluding hydrogens is 312 g/mol. The van der Waals surface area contributed by atoms with Crippen molar-refractivity contribution in [1.29, 1.82) is 5.26 Å². The molecule has 118 valence electrons. The number of H-pyrrole nitrogens is 1. The van der Waals surface area contributed by atoms with Crippen LogP contribution in [0.3, 0.4) is 0 Å². The van der Waals surface area contributed by atoms with Crippen molar-refractivity contribution in [1.82, 2.24) is 9.97 Å². The number of nitrogens with one attached hydrogen (secondary N) is 1. The lowest BCUT2D eigenvalue weighted by molar-refractivity contribution is -0.116. The molecule has 1 aromatic heterocycles. The minimum absolute atomic E-state index is 0.132. The monoisotopic (exact) mass is 328 g/mol. The van der Waals surface area contributed by atoms with Crippen molar-refractivity contribution in [2.24, 2.45) is 0 Å². The first-order chi connectivity index (χ1) is 11.1. The molecule has 0 bridgehead atoms. The highest BCUT2D eigenvalue weighted by Crippen LogP contribution is 2.18. The molecule has 0 aliphatic carbocycles. The number of anilines is 1. The predicted molar refractivity (Wildman–Crippen MR) is 89.3 cm³/mol. The molecule has 7 heteroatoms. The fraction of sp³-hybridized carbons (Fsp3) is 0.250. The highest BCUT2D eigenvalue weighted by atomic mass is 32.2. The van der Waals surface area contributed by atoms with Crippen LogP contribution in [0.15, 0.2) is 46.3 Å². The topological polar surface area (TPSA) is 89.9 Å². The summed E-state index contributed by atoms with van der Waals surface area (Å²) in [6.45, 7) is 2.06. The number of carbonyl (C=O) groups excluding carboxylic acids is 1. The Morgan fingerprint density at radius 1 is 1.39 bits per heavy atom. The van der Waals surface area contributed by atoms with E-state index in [2.05, 4.69) is 16.0 Å². The van der Waals surface area contributed by atoms with Gasteiger partial charge in [-0.1, -0.05) is 30.0 Å². The molecular formula is C16H16N4O2S. The van der Waals surface area contributed by atoms with Gasteiger partial charge in [0.15, 0.2) is 5.16 Å². The van der Waals surface area contributed by atoms with E-state index in [4.69, 9.17) is 5.26 Å². The third-order valence-corrected chi connectivity index (χ3v) is 3.85. The summed E-state index contributed by atoms with van der Waals surface area (Å²) >= 11 is 1.17. The lowest BCUT2D eigenvalue weighted by Gasteiger charge is -2.21. The molecule has 1 amide bonds. The Labute approximate surface area is 138 Å². The molecule has 0 saturated heterocycles. The second-order valence-electron chi connectivity index (χ2n) is 4.77. The van der Waals surface area contributed by atoms with Gasteiger partial charge in [0.2, 0.25) is 5.91 Å². The second-order valence-corrected chi connectivity index (χ2v) is 5.73. The van der Waals surface area contributed by atoms with E-state index in [0.29, 0.717) is 17.4 Å². The molecule has 1 heterocycles. The van der Waals surface area contributed by atoms with Gasteiger partial charge in [-0.3, -0.25) is 9.59 Å². The summed E-state index contributed by atoms with van der Waals surface area (Å²) in [6.07, 6.45) is 0.255. The number of aromatic amines is 1. The van der Waals surface area contributed by atoms with Crippen LogP contribution in [0.1, 0.15) is 12.1 Å². The van der Waals surface area contributed by atoms with E-state index in [1.54, 1.807) is 11.8 Å². The number of nitrogens with zero attached hydrogens (tertiary/aromatic N) is 3. The average Bonchev–Trinajstić information content (AvgIpc) is 2.53. The van der Waals surface area contributed by atoms with Gasteiger partial charge < -0.3 is 9.88 Å². The van der Waals surface area contributed by atoms with Gasteiger partial charge in [0.1, 0.15) is 0 Å². The van der Waals surface area contributed by atoms with Crippen molar-refractivity contribution in [2.75, 3.05) is 17.2 Å². The van der Waals surface area contributed by atoms with Gasteiger partial charge in [0.25, 0.3) is 5.56 Å². The molecule has 0 aliphatic heterocycles. The quantitative estimate of drug-likeness (QED) is 0.648. The maximum Gasteiger partial charge on any atom is 0.251 e. The van der Waals surface area contributed by atoms with Gasteiger partial charge in [0.05, 0.1) is 18.2 Å². The number of rotatable bonds is 6. The molecule has 2 rings (SSSR count). The summed E-state index contributed by atoms with van der Waals surface area (Å²) in [5.41, 5.74) is 1.11. The number of aromatic nitrogens is 2. The molecule has 0 atom stereocenters. The van der Waals surface area contributed by atoms with E-state index in [9.17, 15) is 9.59 Å². The first kappa shape index (κ1) is 16.8. The fourth-order valence-electron chi connectivity index (χ4n) is 2.00. The molecule has 0 aliphatic rings. The number of aryl methyl sites for hydroxylation is 1. The number of nitriles is 1. The zero-order chi connectivity index (χ0) is 16.7. The number of para-hydroxylation sites is 1. The van der Waals surface area contributed by atoms with E-state index in [-0.39, 0.29) is 23.6 Å². The summed E-state index contributed by atoms with van der Waals surface area (Å²) in [4.78, 5) is 32.2. The van der Waals surface area contributed by atoms with Gasteiger partial charge in [0, 0.05) is 24.0 Å². The van der Waals surface area contributed by atoms with Crippen molar-refractivity contribution >= 4 is 23.4 Å². The Kier molecular flexibility index (Phi) is 5.94. The minimum Gasteiger partial charge on any atom is -0.311 e. The van der Waals surface area contributed by atoms with E-state index in [1.165, 1.54) is 17.8 Å². The SMILES string of the molecule is Cc1cc(=O)[nH]c(SCC(=O)N(CCC#N)c2ccccc2)n1. The predicted octanol–water partition coefficient (Wildman–Crippen LogP) is 2.12. The standard InChI is InChI=1S/C16H16N4O2S/c1-12-10-14(21)19-16(18-12)23-11-15(22)20(9-5-8-17)13-6-3-2-4-7-13/h2-4,6-7,10H,5,9,11H2,1H3,(H,18,19,21). The third-order valence-electron chi connectivity index (χ3n) is 3.00. The van der Waals surface area contributed by atoms with Gasteiger partial charge in [-0.25, -0.2) is 4.98 Å². The number of amides is 1. The lowest BCUT2D eigenvalue weighted by atomic mass is 10.2. The molecule has 0 spiro atoms. The molecule has 1 aromatic carbocycles. The lowest BCUT2D eigenvalue weighted by Crippen LogP contribution is -2.33. The van der Waals surface area contributed by atoms with Crippen molar-refractivity contribution in [3.05, 3.63) is 52.4 Å². The van der Waals surface area contributed by atoms with Crippen LogP contribution in [0.4, 0.5) is 5.69 Å². The van der Waals surface area contributed by atoms with E-state index >= 15 is 0 Å². The second kappa shape index (κ2) is 8.15. The Morgan fingerprint density at radius 2 is 2.13 bits per heavy atom. The van der Waals surface area contributed by atoms with Crippen molar-refractivity contribution in [2.45, 2.75) is 18.5 Å². The van der Waals surface area contributed by atoms with Crippen LogP contribution in [-0.4, -0.2) is 28.2 Å². The number of benzene rings is 1. The summed E-state index contributed by atoms with van der Waals surface area (Å²) in [5.74, 6) is -0.00667. The molecule has 0 unspecified atom stereocenters. The molecule has 0 radical (unpaired) electrons. The van der Waals surface area contributed by atoms with Crippen molar-refractivity contribution in [3.8, 4) is 6.07 Å². The van der Waals surface area contributed by atoms with Crippen LogP contribution in [0.2, 0.25) is 0 Å². The Bertz CT molecular complexity index is 768. The highest BCUT2D eigenvalue weighted by molar-refractivity contribution is 7.99. The first-order valence-electron chi connectivity index (χ1n) is 7.03. The third kappa shape index (κ3) is 4.97. The van der Waals surface area contributed by atoms with Crippen LogP contribution in [0, 0.1) is 18.3 Å². The summed E-state index contributed by atoms with van der Waals surface area (Å²) in [7, 11) is 0. The molecule has 2 aromatic rings. The van der Waals surface area contributed by atoms with Crippen LogP contribution < -0.4 is 10.5 Å². The minimum atomic E-state index is -0.239. The fourth-order valence-corrected chi connectivity index (χ4v) is 2.79. The van der Waals surface area contributed by atoms with Crippen molar-refractivity contribution < 1.29 is 4.79 Å². The number of hydrogen-bond donors (Lipinski definition) is 1. The largest absolute Gasteiger partial charge is 0.311 e. The van der Waals surface area contributed by atoms with Gasteiger partial charge in [-0.2, -0.15) is 5.26 Å². The Hall–Kier alpha value is -2.59. The van der Waals surface area contributed by atoms with Crippen LogP contribution in [0.25, 0.3) is 0 Å². The zero-order valence-corrected chi connectivity index (χ0v) is 13.5.